The minimum Gasteiger partial charge on any atom is -0.494 e. The molecular formula is C15H18O7S. The van der Waals surface area contributed by atoms with Crippen LogP contribution in [0.15, 0.2) is 36.9 Å². The molecule has 1 rings (SSSR count). The zero-order chi connectivity index (χ0) is 17.3. The van der Waals surface area contributed by atoms with Gasteiger partial charge in [-0.3, -0.25) is 0 Å². The van der Waals surface area contributed by atoms with Crippen LogP contribution in [0.5, 0.6) is 5.75 Å². The Morgan fingerprint density at radius 3 is 2.30 bits per heavy atom. The monoisotopic (exact) mass is 342 g/mol. The second-order valence-corrected chi connectivity index (χ2v) is 6.10. The van der Waals surface area contributed by atoms with Gasteiger partial charge in [0.05, 0.1) is 25.0 Å². The molecule has 23 heavy (non-hydrogen) atoms. The molecule has 7 nitrogen and oxygen atoms in total. The number of unbranched alkanes of at least 4 members (excludes halogenated alkanes) is 1. The fourth-order valence-electron chi connectivity index (χ4n) is 1.50. The van der Waals surface area contributed by atoms with E-state index in [-0.39, 0.29) is 5.56 Å². The first-order valence-corrected chi connectivity index (χ1v) is 8.59. The first kappa shape index (κ1) is 18.7. The molecule has 0 atom stereocenters. The first-order chi connectivity index (χ1) is 10.8. The number of carbonyl (C=O) groups excluding carboxylic acids is 2. The lowest BCUT2D eigenvalue weighted by Gasteiger charge is -2.07. The summed E-state index contributed by atoms with van der Waals surface area (Å²) in [6, 6.07) is 5.90. The second-order valence-electron chi connectivity index (χ2n) is 4.53. The molecule has 0 aliphatic heterocycles. The summed E-state index contributed by atoms with van der Waals surface area (Å²) in [6.07, 6.45) is 3.24. The highest BCUT2D eigenvalue weighted by molar-refractivity contribution is 7.86. The predicted octanol–water partition coefficient (Wildman–Crippen LogP) is 1.69. The van der Waals surface area contributed by atoms with Crippen molar-refractivity contribution >= 4 is 22.1 Å². The quantitative estimate of drug-likeness (QED) is 0.291. The molecule has 0 amide bonds. The van der Waals surface area contributed by atoms with Crippen LogP contribution in [-0.2, 0) is 23.8 Å². The van der Waals surface area contributed by atoms with Crippen LogP contribution in [0.3, 0.4) is 0 Å². The molecule has 8 heteroatoms. The number of hydrogen-bond acceptors (Lipinski definition) is 7. The van der Waals surface area contributed by atoms with Gasteiger partial charge in [-0.05, 0) is 37.1 Å². The third-order valence-electron chi connectivity index (χ3n) is 2.54. The van der Waals surface area contributed by atoms with E-state index in [1.54, 1.807) is 0 Å². The Labute approximate surface area is 135 Å². The summed E-state index contributed by atoms with van der Waals surface area (Å²) < 4.78 is 36.3. The maximum Gasteiger partial charge on any atom is 0.353 e. The Hall–Kier alpha value is -2.35. The van der Waals surface area contributed by atoms with Gasteiger partial charge in [0.25, 0.3) is 0 Å². The fourth-order valence-corrected chi connectivity index (χ4v) is 1.87. The van der Waals surface area contributed by atoms with Gasteiger partial charge in [-0.1, -0.05) is 6.58 Å². The number of rotatable bonds is 9. The highest BCUT2D eigenvalue weighted by atomic mass is 32.2. The summed E-state index contributed by atoms with van der Waals surface area (Å²) in [6.45, 7) is 4.00. The minimum atomic E-state index is -3.84. The molecule has 0 saturated carbocycles. The van der Waals surface area contributed by atoms with Crippen LogP contribution in [0, 0.1) is 0 Å². The maximum atomic E-state index is 11.5. The van der Waals surface area contributed by atoms with Crippen molar-refractivity contribution < 1.29 is 31.7 Å². The number of benzene rings is 1. The molecule has 0 radical (unpaired) electrons. The second kappa shape index (κ2) is 8.94. The van der Waals surface area contributed by atoms with E-state index < -0.39 is 22.1 Å². The Bertz CT molecular complexity index is 647. The SMILES string of the molecule is C=CC(=O)OCCCCOc1ccc(C(=O)OS(C)(=O)=O)cc1. The van der Waals surface area contributed by atoms with E-state index >= 15 is 0 Å². The predicted molar refractivity (Wildman–Crippen MR) is 82.6 cm³/mol. The van der Waals surface area contributed by atoms with Crippen LogP contribution in [0.25, 0.3) is 0 Å². The van der Waals surface area contributed by atoms with E-state index in [0.29, 0.717) is 31.8 Å². The van der Waals surface area contributed by atoms with Crippen molar-refractivity contribution in [1.82, 2.24) is 0 Å². The molecule has 0 N–H and O–H groups in total. The van der Waals surface area contributed by atoms with Gasteiger partial charge in [0.1, 0.15) is 5.75 Å². The molecule has 0 heterocycles. The lowest BCUT2D eigenvalue weighted by atomic mass is 10.2. The van der Waals surface area contributed by atoms with Gasteiger partial charge in [0.15, 0.2) is 0 Å². The molecule has 0 aromatic heterocycles. The Morgan fingerprint density at radius 1 is 1.13 bits per heavy atom. The number of carbonyl (C=O) groups is 2. The van der Waals surface area contributed by atoms with Crippen molar-refractivity contribution in [3.63, 3.8) is 0 Å². The zero-order valence-electron chi connectivity index (χ0n) is 12.7. The molecule has 1 aromatic carbocycles. The van der Waals surface area contributed by atoms with Crippen LogP contribution in [-0.4, -0.2) is 39.8 Å². The van der Waals surface area contributed by atoms with Gasteiger partial charge < -0.3 is 13.7 Å². The highest BCUT2D eigenvalue weighted by Crippen LogP contribution is 2.14. The molecule has 0 bridgehead atoms. The lowest BCUT2D eigenvalue weighted by Crippen LogP contribution is -2.11. The van der Waals surface area contributed by atoms with Crippen molar-refractivity contribution in [3.8, 4) is 5.75 Å². The van der Waals surface area contributed by atoms with Gasteiger partial charge in [-0.25, -0.2) is 9.59 Å². The van der Waals surface area contributed by atoms with E-state index in [1.807, 2.05) is 0 Å². The van der Waals surface area contributed by atoms with Crippen molar-refractivity contribution in [3.05, 3.63) is 42.5 Å². The van der Waals surface area contributed by atoms with Gasteiger partial charge in [-0.2, -0.15) is 8.42 Å². The number of esters is 1. The molecule has 0 unspecified atom stereocenters. The van der Waals surface area contributed by atoms with Gasteiger partial charge >= 0.3 is 22.1 Å². The lowest BCUT2D eigenvalue weighted by molar-refractivity contribution is -0.137. The number of hydrogen-bond donors (Lipinski definition) is 0. The molecule has 0 fully saturated rings. The average Bonchev–Trinajstić information content (AvgIpc) is 2.49. The summed E-state index contributed by atoms with van der Waals surface area (Å²) in [5.41, 5.74) is 0.110. The smallest absolute Gasteiger partial charge is 0.353 e. The average molecular weight is 342 g/mol. The Kier molecular flexibility index (Phi) is 7.27. The van der Waals surface area contributed by atoms with Gasteiger partial charge in [0.2, 0.25) is 0 Å². The van der Waals surface area contributed by atoms with E-state index in [2.05, 4.69) is 10.8 Å². The summed E-state index contributed by atoms with van der Waals surface area (Å²) in [5, 5.41) is 0. The maximum absolute atomic E-state index is 11.5. The molecule has 1 aromatic rings. The summed E-state index contributed by atoms with van der Waals surface area (Å²) in [4.78, 5) is 22.3. The molecule has 0 saturated heterocycles. The Balaban J connectivity index is 2.33. The molecular weight excluding hydrogens is 324 g/mol. The van der Waals surface area contributed by atoms with Crippen molar-refractivity contribution in [2.24, 2.45) is 0 Å². The minimum absolute atomic E-state index is 0.110. The molecule has 0 aliphatic rings. The van der Waals surface area contributed by atoms with Crippen LogP contribution < -0.4 is 4.74 Å². The topological polar surface area (TPSA) is 96.0 Å². The molecule has 0 spiro atoms. The van der Waals surface area contributed by atoms with Crippen LogP contribution in [0.2, 0.25) is 0 Å². The fraction of sp³-hybridized carbons (Fsp3) is 0.333. The van der Waals surface area contributed by atoms with Gasteiger partial charge in [-0.15, -0.1) is 0 Å². The van der Waals surface area contributed by atoms with Crippen molar-refractivity contribution in [2.45, 2.75) is 12.8 Å². The zero-order valence-corrected chi connectivity index (χ0v) is 13.5. The summed E-state index contributed by atoms with van der Waals surface area (Å²) in [5.74, 6) is -0.866. The highest BCUT2D eigenvalue weighted by Gasteiger charge is 2.13. The number of ether oxygens (including phenoxy) is 2. The molecule has 0 aliphatic carbocycles. The standard InChI is InChI=1S/C15H18O7S/c1-3-14(16)21-11-5-4-10-20-13-8-6-12(7-9-13)15(17)22-23(2,18)19/h3,6-9H,1,4-5,10-11H2,2H3. The van der Waals surface area contributed by atoms with Gasteiger partial charge in [0, 0.05) is 6.08 Å². The van der Waals surface area contributed by atoms with Crippen LogP contribution in [0.4, 0.5) is 0 Å². The van der Waals surface area contributed by atoms with Crippen molar-refractivity contribution in [1.29, 1.82) is 0 Å². The first-order valence-electron chi connectivity index (χ1n) is 6.77. The Morgan fingerprint density at radius 2 is 1.74 bits per heavy atom. The van der Waals surface area contributed by atoms with E-state index in [9.17, 15) is 18.0 Å². The van der Waals surface area contributed by atoms with E-state index in [0.717, 1.165) is 12.3 Å². The third-order valence-corrected chi connectivity index (χ3v) is 2.99. The third kappa shape index (κ3) is 8.01. The van der Waals surface area contributed by atoms with Crippen LogP contribution in [0.1, 0.15) is 23.2 Å². The summed E-state index contributed by atoms with van der Waals surface area (Å²) in [7, 11) is -3.84. The van der Waals surface area contributed by atoms with Crippen molar-refractivity contribution in [2.75, 3.05) is 19.5 Å². The largest absolute Gasteiger partial charge is 0.494 e. The summed E-state index contributed by atoms with van der Waals surface area (Å²) >= 11 is 0. The normalized spacial score (nSPS) is 10.7. The van der Waals surface area contributed by atoms with E-state index in [1.165, 1.54) is 24.3 Å². The van der Waals surface area contributed by atoms with E-state index in [4.69, 9.17) is 9.47 Å². The molecule has 126 valence electrons. The van der Waals surface area contributed by atoms with Crippen LogP contribution >= 0.6 is 0 Å².